The Kier molecular flexibility index (Phi) is 4.41. The number of rotatable bonds is 5. The molecule has 0 saturated heterocycles. The van der Waals surface area contributed by atoms with Crippen molar-refractivity contribution in [3.8, 4) is 0 Å². The number of hydrogen-bond donors (Lipinski definition) is 0. The lowest BCUT2D eigenvalue weighted by molar-refractivity contribution is -0.121. The third-order valence-electron chi connectivity index (χ3n) is 2.69. The van der Waals surface area contributed by atoms with Gasteiger partial charge in [-0.05, 0) is 12.5 Å². The number of aryl methyl sites for hydroxylation is 1. The van der Waals surface area contributed by atoms with Crippen molar-refractivity contribution < 1.29 is 9.59 Å². The fourth-order valence-electron chi connectivity index (χ4n) is 1.55. The highest BCUT2D eigenvalue weighted by atomic mass is 16.1. The molecule has 0 saturated carbocycles. The minimum atomic E-state index is 0.0182. The van der Waals surface area contributed by atoms with Crippen LogP contribution in [-0.4, -0.2) is 11.6 Å². The number of ketones is 2. The van der Waals surface area contributed by atoms with E-state index in [9.17, 15) is 9.59 Å². The van der Waals surface area contributed by atoms with Gasteiger partial charge in [0, 0.05) is 24.3 Å². The van der Waals surface area contributed by atoms with Crippen molar-refractivity contribution in [1.29, 1.82) is 0 Å². The lowest BCUT2D eigenvalue weighted by Crippen LogP contribution is -2.10. The number of Topliss-reactive ketones (excluding diaryl/α,β-unsaturated/α-hetero) is 2. The maximum atomic E-state index is 11.8. The summed E-state index contributed by atoms with van der Waals surface area (Å²) in [4.78, 5) is 23.3. The van der Waals surface area contributed by atoms with Gasteiger partial charge >= 0.3 is 0 Å². The lowest BCUT2D eigenvalue weighted by Gasteiger charge is -2.05. The average Bonchev–Trinajstić information content (AvgIpc) is 2.25. The summed E-state index contributed by atoms with van der Waals surface area (Å²) in [6.07, 6.45) is 0.673. The van der Waals surface area contributed by atoms with E-state index >= 15 is 0 Å². The second-order valence-corrected chi connectivity index (χ2v) is 4.36. The molecule has 0 N–H and O–H groups in total. The largest absolute Gasteiger partial charge is 0.299 e. The molecule has 0 atom stereocenters. The molecule has 0 heterocycles. The zero-order valence-corrected chi connectivity index (χ0v) is 10.1. The normalized spacial score (nSPS) is 10.5. The molecule has 2 nitrogen and oxygen atoms in total. The molecule has 16 heavy (non-hydrogen) atoms. The van der Waals surface area contributed by atoms with E-state index < -0.39 is 0 Å². The van der Waals surface area contributed by atoms with Crippen molar-refractivity contribution in [1.82, 2.24) is 0 Å². The van der Waals surface area contributed by atoms with Crippen molar-refractivity contribution in [3.63, 3.8) is 0 Å². The zero-order chi connectivity index (χ0) is 12.1. The summed E-state index contributed by atoms with van der Waals surface area (Å²) in [7, 11) is 0. The van der Waals surface area contributed by atoms with E-state index in [0.717, 1.165) is 11.1 Å². The molecule has 0 radical (unpaired) electrons. The van der Waals surface area contributed by atoms with Gasteiger partial charge in [-0.1, -0.05) is 38.1 Å². The van der Waals surface area contributed by atoms with Crippen LogP contribution in [0.4, 0.5) is 0 Å². The number of carbonyl (C=O) groups excluding carboxylic acids is 2. The number of hydrogen-bond acceptors (Lipinski definition) is 2. The highest BCUT2D eigenvalue weighted by Crippen LogP contribution is 2.12. The smallest absolute Gasteiger partial charge is 0.163 e. The van der Waals surface area contributed by atoms with E-state index in [2.05, 4.69) is 0 Å². The van der Waals surface area contributed by atoms with Crippen LogP contribution in [-0.2, 0) is 4.79 Å². The van der Waals surface area contributed by atoms with Gasteiger partial charge in [-0.2, -0.15) is 0 Å². The van der Waals surface area contributed by atoms with Crippen LogP contribution >= 0.6 is 0 Å². The summed E-state index contributed by atoms with van der Waals surface area (Å²) >= 11 is 0. The van der Waals surface area contributed by atoms with Gasteiger partial charge in [0.05, 0.1) is 0 Å². The van der Waals surface area contributed by atoms with Crippen LogP contribution in [0.2, 0.25) is 0 Å². The van der Waals surface area contributed by atoms with Crippen LogP contribution in [0.15, 0.2) is 24.3 Å². The number of carbonyl (C=O) groups is 2. The Morgan fingerprint density at radius 1 is 1.12 bits per heavy atom. The van der Waals surface area contributed by atoms with Gasteiger partial charge in [0.2, 0.25) is 0 Å². The van der Waals surface area contributed by atoms with Crippen LogP contribution in [0.3, 0.4) is 0 Å². The summed E-state index contributed by atoms with van der Waals surface area (Å²) in [5, 5.41) is 0. The van der Waals surface area contributed by atoms with Gasteiger partial charge in [0.15, 0.2) is 5.78 Å². The zero-order valence-electron chi connectivity index (χ0n) is 10.1. The molecule has 0 amide bonds. The van der Waals surface area contributed by atoms with Crippen LogP contribution in [0.25, 0.3) is 0 Å². The average molecular weight is 218 g/mol. The molecule has 1 aromatic rings. The standard InChI is InChI=1S/C14H18O2/c1-10(2)13(15)8-9-14(16)12-7-5-4-6-11(12)3/h4-7,10H,8-9H2,1-3H3. The van der Waals surface area contributed by atoms with Gasteiger partial charge < -0.3 is 0 Å². The predicted molar refractivity (Wildman–Crippen MR) is 64.6 cm³/mol. The van der Waals surface area contributed by atoms with Gasteiger partial charge in [-0.15, -0.1) is 0 Å². The molecule has 0 aliphatic heterocycles. The Balaban J connectivity index is 2.60. The van der Waals surface area contributed by atoms with Gasteiger partial charge in [0.25, 0.3) is 0 Å². The van der Waals surface area contributed by atoms with Gasteiger partial charge in [0.1, 0.15) is 5.78 Å². The predicted octanol–water partition coefficient (Wildman–Crippen LogP) is 3.18. The third kappa shape index (κ3) is 3.30. The first-order valence-electron chi connectivity index (χ1n) is 5.64. The van der Waals surface area contributed by atoms with E-state index in [4.69, 9.17) is 0 Å². The molecule has 0 fully saturated rings. The maximum Gasteiger partial charge on any atom is 0.163 e. The third-order valence-corrected chi connectivity index (χ3v) is 2.69. The molecule has 0 spiro atoms. The molecule has 86 valence electrons. The monoisotopic (exact) mass is 218 g/mol. The first-order valence-corrected chi connectivity index (χ1v) is 5.64. The van der Waals surface area contributed by atoms with E-state index in [1.807, 2.05) is 45.0 Å². The van der Waals surface area contributed by atoms with Crippen molar-refractivity contribution >= 4 is 11.6 Å². The van der Waals surface area contributed by atoms with Crippen LogP contribution < -0.4 is 0 Å². The maximum absolute atomic E-state index is 11.8. The second kappa shape index (κ2) is 5.59. The van der Waals surface area contributed by atoms with E-state index in [1.165, 1.54) is 0 Å². The van der Waals surface area contributed by atoms with Gasteiger partial charge in [-0.3, -0.25) is 9.59 Å². The van der Waals surface area contributed by atoms with Crippen molar-refractivity contribution in [2.24, 2.45) is 5.92 Å². The van der Waals surface area contributed by atoms with E-state index in [0.29, 0.717) is 12.8 Å². The highest BCUT2D eigenvalue weighted by molar-refractivity contribution is 5.99. The van der Waals surface area contributed by atoms with Gasteiger partial charge in [-0.25, -0.2) is 0 Å². The number of benzene rings is 1. The van der Waals surface area contributed by atoms with Crippen LogP contribution in [0, 0.1) is 12.8 Å². The molecule has 2 heteroatoms. The van der Waals surface area contributed by atoms with Crippen molar-refractivity contribution in [3.05, 3.63) is 35.4 Å². The quantitative estimate of drug-likeness (QED) is 0.711. The Labute approximate surface area is 96.7 Å². The van der Waals surface area contributed by atoms with Crippen molar-refractivity contribution in [2.75, 3.05) is 0 Å². The van der Waals surface area contributed by atoms with E-state index in [-0.39, 0.29) is 17.5 Å². The molecule has 0 bridgehead atoms. The van der Waals surface area contributed by atoms with Crippen LogP contribution in [0.5, 0.6) is 0 Å². The Morgan fingerprint density at radius 3 is 2.31 bits per heavy atom. The summed E-state index contributed by atoms with van der Waals surface area (Å²) in [5.41, 5.74) is 1.71. The lowest BCUT2D eigenvalue weighted by atomic mass is 9.98. The summed E-state index contributed by atoms with van der Waals surface area (Å²) in [6.45, 7) is 5.64. The summed E-state index contributed by atoms with van der Waals surface area (Å²) in [5.74, 6) is 0.235. The van der Waals surface area contributed by atoms with Crippen molar-refractivity contribution in [2.45, 2.75) is 33.6 Å². The van der Waals surface area contributed by atoms with E-state index in [1.54, 1.807) is 0 Å². The molecule has 0 aliphatic rings. The fraction of sp³-hybridized carbons (Fsp3) is 0.429. The molecule has 0 aliphatic carbocycles. The van der Waals surface area contributed by atoms with Crippen LogP contribution in [0.1, 0.15) is 42.6 Å². The molecular formula is C14H18O2. The Morgan fingerprint density at radius 2 is 1.75 bits per heavy atom. The topological polar surface area (TPSA) is 34.1 Å². The highest BCUT2D eigenvalue weighted by Gasteiger charge is 2.12. The second-order valence-electron chi connectivity index (χ2n) is 4.36. The summed E-state index contributed by atoms with van der Waals surface area (Å²) in [6, 6.07) is 7.49. The first kappa shape index (κ1) is 12.6. The minimum Gasteiger partial charge on any atom is -0.299 e. The first-order chi connectivity index (χ1) is 7.52. The molecule has 0 aromatic heterocycles. The SMILES string of the molecule is Cc1ccccc1C(=O)CCC(=O)C(C)C. The molecular weight excluding hydrogens is 200 g/mol. The molecule has 0 unspecified atom stereocenters. The Hall–Kier alpha value is -1.44. The molecule has 1 aromatic carbocycles. The minimum absolute atomic E-state index is 0.0182. The summed E-state index contributed by atoms with van der Waals surface area (Å²) < 4.78 is 0. The molecule has 1 rings (SSSR count). The Bertz CT molecular complexity index is 391. The fourth-order valence-corrected chi connectivity index (χ4v) is 1.55.